The summed E-state index contributed by atoms with van der Waals surface area (Å²) >= 11 is 0. The lowest BCUT2D eigenvalue weighted by Crippen LogP contribution is -2.56. The number of hydrogen-bond acceptors (Lipinski definition) is 4. The van der Waals surface area contributed by atoms with Crippen LogP contribution < -0.4 is 5.32 Å². The predicted octanol–water partition coefficient (Wildman–Crippen LogP) is 0.339. The fourth-order valence-corrected chi connectivity index (χ4v) is 1.90. The molecular weight excluding hydrogens is 248 g/mol. The molecule has 1 unspecified atom stereocenters. The number of urea groups is 1. The van der Waals surface area contributed by atoms with E-state index in [1.165, 1.54) is 0 Å². The SMILES string of the molecule is CC(C(=O)O)C1CN(C(=O)NCc2cccnn2)C1. The minimum Gasteiger partial charge on any atom is -0.481 e. The molecule has 102 valence electrons. The Morgan fingerprint density at radius 1 is 1.58 bits per heavy atom. The molecule has 1 aromatic heterocycles. The van der Waals surface area contributed by atoms with Gasteiger partial charge in [0.1, 0.15) is 0 Å². The van der Waals surface area contributed by atoms with E-state index in [-0.39, 0.29) is 11.9 Å². The summed E-state index contributed by atoms with van der Waals surface area (Å²) in [4.78, 5) is 24.1. The molecule has 0 aromatic carbocycles. The first kappa shape index (κ1) is 13.3. The Hall–Kier alpha value is -2.18. The second-order valence-electron chi connectivity index (χ2n) is 4.67. The third-order valence-electron chi connectivity index (χ3n) is 3.34. The van der Waals surface area contributed by atoms with Crippen LogP contribution in [-0.2, 0) is 11.3 Å². The van der Waals surface area contributed by atoms with Crippen molar-refractivity contribution >= 4 is 12.0 Å². The molecule has 2 amide bonds. The van der Waals surface area contributed by atoms with Crippen molar-refractivity contribution in [2.75, 3.05) is 13.1 Å². The molecule has 2 rings (SSSR count). The molecule has 0 aliphatic carbocycles. The van der Waals surface area contributed by atoms with E-state index < -0.39 is 11.9 Å². The molecule has 7 heteroatoms. The minimum atomic E-state index is -0.815. The number of aliphatic carboxylic acids is 1. The maximum Gasteiger partial charge on any atom is 0.317 e. The number of carboxylic acids is 1. The molecular formula is C12H16N4O3. The number of carboxylic acid groups (broad SMARTS) is 1. The lowest BCUT2D eigenvalue weighted by atomic mass is 9.87. The third-order valence-corrected chi connectivity index (χ3v) is 3.34. The monoisotopic (exact) mass is 264 g/mol. The molecule has 19 heavy (non-hydrogen) atoms. The largest absolute Gasteiger partial charge is 0.481 e. The molecule has 1 fully saturated rings. The summed E-state index contributed by atoms with van der Waals surface area (Å²) in [6.07, 6.45) is 1.57. The summed E-state index contributed by atoms with van der Waals surface area (Å²) in [6.45, 7) is 2.96. The zero-order valence-corrected chi connectivity index (χ0v) is 10.6. The highest BCUT2D eigenvalue weighted by molar-refractivity contribution is 5.76. The zero-order chi connectivity index (χ0) is 13.8. The Bertz CT molecular complexity index is 459. The van der Waals surface area contributed by atoms with Crippen LogP contribution in [0.3, 0.4) is 0 Å². The summed E-state index contributed by atoms with van der Waals surface area (Å²) in [5.74, 6) is -1.19. The van der Waals surface area contributed by atoms with Crippen LogP contribution >= 0.6 is 0 Å². The molecule has 0 bridgehead atoms. The Balaban J connectivity index is 1.73. The van der Waals surface area contributed by atoms with Gasteiger partial charge in [-0.1, -0.05) is 6.92 Å². The quantitative estimate of drug-likeness (QED) is 0.817. The summed E-state index contributed by atoms with van der Waals surface area (Å²) in [6, 6.07) is 3.33. The number of rotatable bonds is 4. The van der Waals surface area contributed by atoms with Crippen molar-refractivity contribution in [3.05, 3.63) is 24.0 Å². The molecule has 1 aromatic rings. The van der Waals surface area contributed by atoms with E-state index in [1.807, 2.05) is 0 Å². The van der Waals surface area contributed by atoms with E-state index in [1.54, 1.807) is 30.2 Å². The average molecular weight is 264 g/mol. The van der Waals surface area contributed by atoms with Crippen LogP contribution in [0.1, 0.15) is 12.6 Å². The first-order valence-electron chi connectivity index (χ1n) is 6.10. The van der Waals surface area contributed by atoms with E-state index in [9.17, 15) is 9.59 Å². The van der Waals surface area contributed by atoms with Crippen molar-refractivity contribution in [3.8, 4) is 0 Å². The minimum absolute atomic E-state index is 0.0415. The molecule has 0 spiro atoms. The number of likely N-dealkylation sites (tertiary alicyclic amines) is 1. The van der Waals surface area contributed by atoms with Gasteiger partial charge >= 0.3 is 12.0 Å². The lowest BCUT2D eigenvalue weighted by Gasteiger charge is -2.40. The highest BCUT2D eigenvalue weighted by Crippen LogP contribution is 2.23. The highest BCUT2D eigenvalue weighted by atomic mass is 16.4. The normalized spacial score (nSPS) is 16.6. The van der Waals surface area contributed by atoms with Crippen molar-refractivity contribution in [1.82, 2.24) is 20.4 Å². The van der Waals surface area contributed by atoms with Crippen LogP contribution in [0.25, 0.3) is 0 Å². The number of aromatic nitrogens is 2. The van der Waals surface area contributed by atoms with Crippen molar-refractivity contribution in [1.29, 1.82) is 0 Å². The number of nitrogens with zero attached hydrogens (tertiary/aromatic N) is 3. The fourth-order valence-electron chi connectivity index (χ4n) is 1.90. The van der Waals surface area contributed by atoms with Crippen LogP contribution in [-0.4, -0.2) is 45.3 Å². The number of carbonyl (C=O) groups is 2. The van der Waals surface area contributed by atoms with E-state index in [2.05, 4.69) is 15.5 Å². The van der Waals surface area contributed by atoms with Crippen molar-refractivity contribution in [2.45, 2.75) is 13.5 Å². The van der Waals surface area contributed by atoms with E-state index in [0.717, 1.165) is 0 Å². The van der Waals surface area contributed by atoms with Gasteiger partial charge < -0.3 is 15.3 Å². The Morgan fingerprint density at radius 3 is 2.89 bits per heavy atom. The maximum atomic E-state index is 11.8. The molecule has 0 saturated carbocycles. The van der Waals surface area contributed by atoms with Crippen molar-refractivity contribution in [2.24, 2.45) is 11.8 Å². The van der Waals surface area contributed by atoms with E-state index in [0.29, 0.717) is 25.3 Å². The molecule has 7 nitrogen and oxygen atoms in total. The fraction of sp³-hybridized carbons (Fsp3) is 0.500. The van der Waals surface area contributed by atoms with Crippen LogP contribution in [0.15, 0.2) is 18.3 Å². The Kier molecular flexibility index (Phi) is 3.94. The summed E-state index contributed by atoms with van der Waals surface area (Å²) in [5, 5.41) is 19.2. The molecule has 1 saturated heterocycles. The van der Waals surface area contributed by atoms with Gasteiger partial charge in [0.25, 0.3) is 0 Å². The third kappa shape index (κ3) is 3.18. The molecule has 1 atom stereocenters. The molecule has 2 heterocycles. The van der Waals surface area contributed by atoms with Gasteiger partial charge in [-0.15, -0.1) is 0 Å². The number of nitrogens with one attached hydrogen (secondary N) is 1. The first-order chi connectivity index (χ1) is 9.08. The highest BCUT2D eigenvalue weighted by Gasteiger charge is 2.37. The van der Waals surface area contributed by atoms with E-state index in [4.69, 9.17) is 5.11 Å². The van der Waals surface area contributed by atoms with Crippen molar-refractivity contribution < 1.29 is 14.7 Å². The van der Waals surface area contributed by atoms with Crippen LogP contribution in [0, 0.1) is 11.8 Å². The molecule has 1 aliphatic heterocycles. The average Bonchev–Trinajstić information content (AvgIpc) is 2.35. The van der Waals surface area contributed by atoms with Gasteiger partial charge in [0, 0.05) is 25.2 Å². The second-order valence-corrected chi connectivity index (χ2v) is 4.67. The maximum absolute atomic E-state index is 11.8. The van der Waals surface area contributed by atoms with Crippen LogP contribution in [0.5, 0.6) is 0 Å². The Labute approximate surface area is 110 Å². The first-order valence-corrected chi connectivity index (χ1v) is 6.10. The van der Waals surface area contributed by atoms with Gasteiger partial charge in [-0.2, -0.15) is 10.2 Å². The second kappa shape index (κ2) is 5.64. The van der Waals surface area contributed by atoms with Gasteiger partial charge in [-0.05, 0) is 12.1 Å². The molecule has 2 N–H and O–H groups in total. The lowest BCUT2D eigenvalue weighted by molar-refractivity contribution is -0.144. The van der Waals surface area contributed by atoms with Gasteiger partial charge in [0.2, 0.25) is 0 Å². The van der Waals surface area contributed by atoms with Gasteiger partial charge in [-0.3, -0.25) is 4.79 Å². The van der Waals surface area contributed by atoms with Gasteiger partial charge in [-0.25, -0.2) is 4.79 Å². The van der Waals surface area contributed by atoms with Crippen LogP contribution in [0.2, 0.25) is 0 Å². The predicted molar refractivity (Wildman–Crippen MR) is 66.1 cm³/mol. The van der Waals surface area contributed by atoms with Crippen LogP contribution in [0.4, 0.5) is 4.79 Å². The van der Waals surface area contributed by atoms with Crippen molar-refractivity contribution in [3.63, 3.8) is 0 Å². The summed E-state index contributed by atoms with van der Waals surface area (Å²) in [7, 11) is 0. The van der Waals surface area contributed by atoms with E-state index >= 15 is 0 Å². The number of amides is 2. The molecule has 1 aliphatic rings. The van der Waals surface area contributed by atoms with Gasteiger partial charge in [0.05, 0.1) is 18.2 Å². The summed E-state index contributed by atoms with van der Waals surface area (Å²) in [5.41, 5.74) is 0.687. The molecule has 0 radical (unpaired) electrons. The smallest absolute Gasteiger partial charge is 0.317 e. The van der Waals surface area contributed by atoms with Gasteiger partial charge in [0.15, 0.2) is 0 Å². The zero-order valence-electron chi connectivity index (χ0n) is 10.6. The summed E-state index contributed by atoms with van der Waals surface area (Å²) < 4.78 is 0. The Morgan fingerprint density at radius 2 is 2.32 bits per heavy atom. The number of carbonyl (C=O) groups excluding carboxylic acids is 1. The topological polar surface area (TPSA) is 95.4 Å². The number of hydrogen-bond donors (Lipinski definition) is 2. The standard InChI is InChI=1S/C12H16N4O3/c1-8(11(17)18)9-6-16(7-9)12(19)13-5-10-3-2-4-14-15-10/h2-4,8-9H,5-7H2,1H3,(H,13,19)(H,17,18).